The third-order valence-electron chi connectivity index (χ3n) is 2.51. The second kappa shape index (κ2) is 10.6. The monoisotopic (exact) mass is 287 g/mol. The number of aliphatic carboxylic acids is 1. The summed E-state index contributed by atoms with van der Waals surface area (Å²) in [4.78, 5) is 9.24. The Morgan fingerprint density at radius 2 is 1.79 bits per heavy atom. The van der Waals surface area contributed by atoms with Gasteiger partial charge in [-0.25, -0.2) is 0 Å². The van der Waals surface area contributed by atoms with E-state index in [1.54, 1.807) is 7.11 Å². The average Bonchev–Trinajstić information content (AvgIpc) is 2.45. The molecule has 0 fully saturated rings. The summed E-state index contributed by atoms with van der Waals surface area (Å²) in [6, 6.07) is 6.45. The van der Waals surface area contributed by atoms with E-state index in [-0.39, 0.29) is 5.88 Å². The molecular formula is C14H22ClNO3. The van der Waals surface area contributed by atoms with Crippen LogP contribution in [0.1, 0.15) is 25.0 Å². The molecule has 1 aromatic rings. The van der Waals surface area contributed by atoms with Gasteiger partial charge in [0.05, 0.1) is 0 Å². The topological polar surface area (TPSA) is 58.6 Å². The van der Waals surface area contributed by atoms with Crippen LogP contribution in [-0.2, 0) is 22.4 Å². The summed E-state index contributed by atoms with van der Waals surface area (Å²) in [5.41, 5.74) is 3.97. The number of benzene rings is 1. The molecule has 2 N–H and O–H groups in total. The number of para-hydroxylation sites is 1. The Bertz CT molecular complexity index is 361. The lowest BCUT2D eigenvalue weighted by atomic mass is 10.0. The quantitative estimate of drug-likeness (QED) is 0.623. The van der Waals surface area contributed by atoms with Crippen LogP contribution < -0.4 is 5.32 Å². The molecule has 0 aromatic heterocycles. The average molecular weight is 288 g/mol. The molecule has 0 spiro atoms. The van der Waals surface area contributed by atoms with Crippen LogP contribution in [0.5, 0.6) is 0 Å². The highest BCUT2D eigenvalue weighted by molar-refractivity contribution is 6.26. The maximum Gasteiger partial charge on any atom is 0.318 e. The van der Waals surface area contributed by atoms with Crippen LogP contribution in [0.25, 0.3) is 0 Å². The molecule has 4 nitrogen and oxygen atoms in total. The van der Waals surface area contributed by atoms with Crippen molar-refractivity contribution in [1.82, 2.24) is 0 Å². The van der Waals surface area contributed by atoms with Crippen molar-refractivity contribution in [3.63, 3.8) is 0 Å². The van der Waals surface area contributed by atoms with Gasteiger partial charge in [-0.1, -0.05) is 32.0 Å². The summed E-state index contributed by atoms with van der Waals surface area (Å²) in [7, 11) is 1.70. The molecule has 0 saturated heterocycles. The van der Waals surface area contributed by atoms with Crippen LogP contribution in [0.15, 0.2) is 18.2 Å². The Balaban J connectivity index is 0.000000555. The van der Waals surface area contributed by atoms with E-state index in [0.717, 1.165) is 12.8 Å². The zero-order chi connectivity index (χ0) is 14.7. The van der Waals surface area contributed by atoms with Crippen molar-refractivity contribution >= 4 is 23.3 Å². The number of aryl methyl sites for hydroxylation is 2. The van der Waals surface area contributed by atoms with Crippen LogP contribution in [0.3, 0.4) is 0 Å². The first-order valence-electron chi connectivity index (χ1n) is 6.21. The van der Waals surface area contributed by atoms with Crippen molar-refractivity contribution in [3.05, 3.63) is 29.3 Å². The number of carbonyl (C=O) groups is 1. The van der Waals surface area contributed by atoms with E-state index < -0.39 is 5.97 Å². The van der Waals surface area contributed by atoms with E-state index in [9.17, 15) is 4.79 Å². The number of nitrogens with one attached hydrogen (secondary N) is 1. The lowest BCUT2D eigenvalue weighted by Gasteiger charge is -2.14. The first kappa shape index (κ1) is 17.7. The third-order valence-corrected chi connectivity index (χ3v) is 2.74. The van der Waals surface area contributed by atoms with Crippen molar-refractivity contribution in [3.8, 4) is 0 Å². The normalized spacial score (nSPS) is 9.47. The predicted octanol–water partition coefficient (Wildman–Crippen LogP) is 3.14. The molecular weight excluding hydrogens is 266 g/mol. The van der Waals surface area contributed by atoms with Crippen LogP contribution in [0, 0.1) is 0 Å². The number of alkyl halides is 1. The standard InChI is InChI=1S/C12H19NO.C2H3ClO2/c1-4-10-7-6-8-11(5-2)12(10)13-9-14-3;3-1-2(4)5/h6-8,13H,4-5,9H2,1-3H3;1H2,(H,4,5). The summed E-state index contributed by atoms with van der Waals surface area (Å²) < 4.78 is 5.03. The molecule has 0 saturated carbocycles. The number of anilines is 1. The molecule has 0 aliphatic heterocycles. The number of hydrogen-bond acceptors (Lipinski definition) is 3. The van der Waals surface area contributed by atoms with Gasteiger partial charge >= 0.3 is 5.97 Å². The van der Waals surface area contributed by atoms with Gasteiger partial charge in [0, 0.05) is 12.8 Å². The van der Waals surface area contributed by atoms with Gasteiger partial charge in [0.15, 0.2) is 0 Å². The molecule has 0 bridgehead atoms. The Morgan fingerprint density at radius 3 is 2.11 bits per heavy atom. The van der Waals surface area contributed by atoms with E-state index in [0.29, 0.717) is 6.73 Å². The maximum atomic E-state index is 9.24. The van der Waals surface area contributed by atoms with Crippen LogP contribution in [0.4, 0.5) is 5.69 Å². The minimum absolute atomic E-state index is 0.306. The second-order valence-electron chi connectivity index (χ2n) is 3.80. The third kappa shape index (κ3) is 7.03. The van der Waals surface area contributed by atoms with Gasteiger partial charge in [0.2, 0.25) is 0 Å². The fraction of sp³-hybridized carbons (Fsp3) is 0.500. The molecule has 0 atom stereocenters. The molecule has 0 unspecified atom stereocenters. The highest BCUT2D eigenvalue weighted by Gasteiger charge is 2.04. The summed E-state index contributed by atoms with van der Waals surface area (Å²) >= 11 is 4.74. The Morgan fingerprint density at radius 1 is 1.32 bits per heavy atom. The highest BCUT2D eigenvalue weighted by atomic mass is 35.5. The minimum Gasteiger partial charge on any atom is -0.480 e. The molecule has 0 aliphatic carbocycles. The largest absolute Gasteiger partial charge is 0.480 e. The van der Waals surface area contributed by atoms with Gasteiger partial charge in [-0.05, 0) is 24.0 Å². The lowest BCUT2D eigenvalue weighted by molar-refractivity contribution is -0.134. The van der Waals surface area contributed by atoms with E-state index in [1.165, 1.54) is 16.8 Å². The van der Waals surface area contributed by atoms with E-state index in [1.807, 2.05) is 0 Å². The van der Waals surface area contributed by atoms with Crippen molar-refractivity contribution in [2.24, 2.45) is 0 Å². The van der Waals surface area contributed by atoms with Gasteiger partial charge < -0.3 is 15.2 Å². The summed E-state index contributed by atoms with van der Waals surface area (Å²) in [6.45, 7) is 4.92. The van der Waals surface area contributed by atoms with E-state index >= 15 is 0 Å². The van der Waals surface area contributed by atoms with Gasteiger partial charge in [-0.15, -0.1) is 11.6 Å². The fourth-order valence-electron chi connectivity index (χ4n) is 1.61. The molecule has 0 radical (unpaired) electrons. The molecule has 0 amide bonds. The van der Waals surface area contributed by atoms with Gasteiger partial charge in [-0.2, -0.15) is 0 Å². The molecule has 108 valence electrons. The van der Waals surface area contributed by atoms with Crippen LogP contribution >= 0.6 is 11.6 Å². The number of carboxylic acid groups (broad SMARTS) is 1. The van der Waals surface area contributed by atoms with Gasteiger partial charge in [0.1, 0.15) is 12.6 Å². The van der Waals surface area contributed by atoms with E-state index in [4.69, 9.17) is 21.4 Å². The molecule has 1 rings (SSSR count). The highest BCUT2D eigenvalue weighted by Crippen LogP contribution is 2.22. The van der Waals surface area contributed by atoms with Gasteiger partial charge in [-0.3, -0.25) is 4.79 Å². The minimum atomic E-state index is -0.980. The van der Waals surface area contributed by atoms with Crippen molar-refractivity contribution < 1.29 is 14.6 Å². The molecule has 5 heteroatoms. The Kier molecular flexibility index (Phi) is 9.94. The van der Waals surface area contributed by atoms with Crippen LogP contribution in [-0.4, -0.2) is 30.8 Å². The predicted molar refractivity (Wildman–Crippen MR) is 79.1 cm³/mol. The van der Waals surface area contributed by atoms with Crippen molar-refractivity contribution in [2.45, 2.75) is 26.7 Å². The SMILES string of the molecule is CCc1cccc(CC)c1NCOC.O=C(O)CCl. The van der Waals surface area contributed by atoms with Crippen molar-refractivity contribution in [2.75, 3.05) is 25.0 Å². The number of methoxy groups -OCH3 is 1. The zero-order valence-electron chi connectivity index (χ0n) is 11.7. The van der Waals surface area contributed by atoms with Gasteiger partial charge in [0.25, 0.3) is 0 Å². The number of rotatable bonds is 6. The van der Waals surface area contributed by atoms with E-state index in [2.05, 4.69) is 37.4 Å². The lowest BCUT2D eigenvalue weighted by Crippen LogP contribution is -2.07. The second-order valence-corrected chi connectivity index (χ2v) is 4.06. The number of ether oxygens (including phenoxy) is 1. The number of halogens is 1. The Hall–Kier alpha value is -1.26. The number of hydrogen-bond donors (Lipinski definition) is 2. The van der Waals surface area contributed by atoms with Crippen molar-refractivity contribution in [1.29, 1.82) is 0 Å². The smallest absolute Gasteiger partial charge is 0.318 e. The van der Waals surface area contributed by atoms with Crippen LogP contribution in [0.2, 0.25) is 0 Å². The summed E-state index contributed by atoms with van der Waals surface area (Å²) in [5, 5.41) is 10.9. The molecule has 0 heterocycles. The molecule has 0 aliphatic rings. The maximum absolute atomic E-state index is 9.24. The summed E-state index contributed by atoms with van der Waals surface area (Å²) in [6.07, 6.45) is 2.11. The first-order chi connectivity index (χ1) is 9.10. The molecule has 19 heavy (non-hydrogen) atoms. The fourth-order valence-corrected chi connectivity index (χ4v) is 1.61. The molecule has 1 aromatic carbocycles. The Labute approximate surface area is 119 Å². The summed E-state index contributed by atoms with van der Waals surface area (Å²) in [5.74, 6) is -1.29. The first-order valence-corrected chi connectivity index (χ1v) is 6.75. The number of carboxylic acids is 1. The zero-order valence-corrected chi connectivity index (χ0v) is 12.5.